The van der Waals surface area contributed by atoms with E-state index in [4.69, 9.17) is 20.7 Å². The van der Waals surface area contributed by atoms with Crippen molar-refractivity contribution < 1.29 is 43.3 Å². The van der Waals surface area contributed by atoms with Crippen LogP contribution in [0, 0.1) is 33.8 Å². The molecular formula is C86H98N16O10. The number of piperazine rings is 2. The van der Waals surface area contributed by atoms with Crippen LogP contribution in [0.5, 0.6) is 0 Å². The number of hydrogen-bond donors (Lipinski definition) is 1. The molecule has 112 heavy (non-hydrogen) atoms. The van der Waals surface area contributed by atoms with E-state index in [9.17, 15) is 48.5 Å². The Morgan fingerprint density at radius 3 is 1.18 bits per heavy atom. The highest BCUT2D eigenvalue weighted by atomic mass is 16.6. The number of piperidine rings is 4. The number of fused-ring (bicyclic) bond motifs is 4. The van der Waals surface area contributed by atoms with E-state index in [0.717, 1.165) is 234 Å². The number of carbonyl (C=O) groups excluding carboxylic acids is 8. The molecule has 26 nitrogen and oxygen atoms in total. The number of rotatable bonds is 17. The first-order chi connectivity index (χ1) is 54.4. The molecule has 10 aliphatic heterocycles. The number of Topliss-reactive ketones (excluding diaryl/α,β-unsaturated/α-hetero) is 4. The Labute approximate surface area is 652 Å². The van der Waals surface area contributed by atoms with Gasteiger partial charge in [0.1, 0.15) is 23.2 Å². The number of amides is 4. The third kappa shape index (κ3) is 15.6. The van der Waals surface area contributed by atoms with Crippen molar-refractivity contribution >= 4 is 92.6 Å². The van der Waals surface area contributed by atoms with E-state index in [2.05, 4.69) is 68.4 Å². The predicted octanol–water partition coefficient (Wildman–Crippen LogP) is 8.43. The number of likely N-dealkylation sites (tertiary alicyclic amines) is 2. The maximum absolute atomic E-state index is 13.4. The highest BCUT2D eigenvalue weighted by Crippen LogP contribution is 2.38. The number of benzene rings is 4. The highest BCUT2D eigenvalue weighted by Gasteiger charge is 2.47. The van der Waals surface area contributed by atoms with Crippen LogP contribution in [0.2, 0.25) is 0 Å². The lowest BCUT2D eigenvalue weighted by molar-refractivity contribution is -0.384. The SMILES string of the molecule is Nc1ccc2c(c1)C(c1ccnc(N3CCN(CC4CCN(CC5CCN(c6ccc7c(c6)C(=O)N(C6CCC(=O)CC6=O)C7=O)CC5)CC4)CC3)c1)=NC2.O=C1CCC(N2C(=O)c3ccc(N4CCC(CN5CCC(CN6CCN(c7cc(C8=NCc9ccc([N+](=O)[O-])cc98)ccn7)CC6)CC5)CC4)cc3C2=O)C(=O)C1. The summed E-state index contributed by atoms with van der Waals surface area (Å²) in [5.41, 5.74) is 18.3. The number of pyridine rings is 2. The van der Waals surface area contributed by atoms with Crippen LogP contribution >= 0.6 is 0 Å². The predicted molar refractivity (Wildman–Crippen MR) is 426 cm³/mol. The zero-order valence-electron chi connectivity index (χ0n) is 63.7. The largest absolute Gasteiger partial charge is 0.399 e. The molecule has 6 aromatic rings. The van der Waals surface area contributed by atoms with Gasteiger partial charge < -0.3 is 35.1 Å². The molecule has 26 heteroatoms. The summed E-state index contributed by atoms with van der Waals surface area (Å²) >= 11 is 0. The van der Waals surface area contributed by atoms with Gasteiger partial charge in [0.05, 0.1) is 76.6 Å². The Morgan fingerprint density at radius 1 is 0.384 bits per heavy atom. The van der Waals surface area contributed by atoms with E-state index in [1.54, 1.807) is 30.3 Å². The molecule has 2 aliphatic carbocycles. The lowest BCUT2D eigenvalue weighted by Crippen LogP contribution is -2.49. The Kier molecular flexibility index (Phi) is 21.3. The van der Waals surface area contributed by atoms with E-state index in [-0.39, 0.29) is 72.3 Å². The molecule has 12 aliphatic rings. The molecule has 2 saturated carbocycles. The average molecular weight is 1520 g/mol. The van der Waals surface area contributed by atoms with E-state index >= 15 is 0 Å². The topological polar surface area (TPSA) is 289 Å². The molecule has 2 atom stereocenters. The molecule has 2 aromatic heterocycles. The monoisotopic (exact) mass is 1510 g/mol. The van der Waals surface area contributed by atoms with Gasteiger partial charge in [-0.15, -0.1) is 0 Å². The van der Waals surface area contributed by atoms with Gasteiger partial charge in [-0.2, -0.15) is 0 Å². The van der Waals surface area contributed by atoms with Gasteiger partial charge in [0.2, 0.25) is 0 Å². The first kappa shape index (κ1) is 74.5. The number of carbonyl (C=O) groups is 8. The number of nitro groups is 1. The molecular weight excluding hydrogens is 1420 g/mol. The molecule has 6 saturated heterocycles. The summed E-state index contributed by atoms with van der Waals surface area (Å²) in [6.45, 7) is 21.9. The van der Waals surface area contributed by atoms with E-state index < -0.39 is 35.7 Å². The van der Waals surface area contributed by atoms with Crippen LogP contribution in [0.4, 0.5) is 34.4 Å². The van der Waals surface area contributed by atoms with Gasteiger partial charge >= 0.3 is 0 Å². The van der Waals surface area contributed by atoms with E-state index in [0.29, 0.717) is 53.1 Å². The zero-order chi connectivity index (χ0) is 76.8. The van der Waals surface area contributed by atoms with Crippen LogP contribution in [-0.2, 0) is 32.3 Å². The number of hydrogen-bond acceptors (Lipinski definition) is 23. The normalized spacial score (nSPS) is 22.9. The highest BCUT2D eigenvalue weighted by molar-refractivity contribution is 6.25. The molecule has 0 bridgehead atoms. The van der Waals surface area contributed by atoms with Crippen molar-refractivity contribution in [1.29, 1.82) is 0 Å². The van der Waals surface area contributed by atoms with Crippen LogP contribution in [0.25, 0.3) is 0 Å². The van der Waals surface area contributed by atoms with Crippen LogP contribution in [0.1, 0.15) is 165 Å². The lowest BCUT2D eigenvalue weighted by atomic mass is 9.92. The molecule has 8 fully saturated rings. The molecule has 582 valence electrons. The van der Waals surface area contributed by atoms with Crippen molar-refractivity contribution in [2.24, 2.45) is 33.7 Å². The summed E-state index contributed by atoms with van der Waals surface area (Å²) in [5.74, 6) is 2.02. The van der Waals surface area contributed by atoms with Crippen molar-refractivity contribution in [2.75, 3.05) is 156 Å². The summed E-state index contributed by atoms with van der Waals surface area (Å²) < 4.78 is 0. The summed E-state index contributed by atoms with van der Waals surface area (Å²) in [6, 6.07) is 28.6. The number of non-ortho nitro benzene ring substituents is 1. The van der Waals surface area contributed by atoms with Crippen molar-refractivity contribution in [2.45, 2.75) is 115 Å². The molecule has 2 unspecified atom stereocenters. The third-order valence-corrected chi connectivity index (χ3v) is 25.9. The minimum absolute atomic E-state index is 0.0804. The standard InChI is InChI=1S/C43H48N8O6.C43H50N8O4/c52-34-4-6-38(39(53)24-34)50-42(54)35-5-3-32(22-37(35)43(50)55)48-15-10-29(11-16-48)26-46-13-8-28(9-14-46)27-47-17-19-49(20-18-47)40-21-30(7-12-44-40)41-36-23-33(51(56)57)2-1-31(36)25-45-41;44-32-2-1-31-25-46-41(36(31)22-32)30-7-12-45-40(21-30)50-19-17-48(18-20-50)27-28-8-13-47(14-9-28)26-29-10-15-49(16-11-29)33-3-5-35-37(23-33)43(55)51(42(35)54)38-6-4-34(52)24-39(38)53/h1-3,5,7,12,21-23,28-29,38H,4,6,8-11,13-20,24-27H2;1-3,5,7,12,21-23,28-29,38H,4,6,8-11,13-20,24-27,44H2. The number of nitrogen functional groups attached to an aromatic ring is 1. The van der Waals surface area contributed by atoms with Crippen molar-refractivity contribution in [1.82, 2.24) is 39.4 Å². The number of aromatic nitrogens is 2. The summed E-state index contributed by atoms with van der Waals surface area (Å²) in [7, 11) is 0. The third-order valence-electron chi connectivity index (χ3n) is 25.9. The zero-order valence-corrected chi connectivity index (χ0v) is 63.7. The van der Waals surface area contributed by atoms with Gasteiger partial charge in [0, 0.05) is 181 Å². The van der Waals surface area contributed by atoms with Crippen LogP contribution < -0.4 is 25.3 Å². The first-order valence-corrected chi connectivity index (χ1v) is 40.7. The molecule has 0 radical (unpaired) electrons. The maximum Gasteiger partial charge on any atom is 0.270 e. The second kappa shape index (κ2) is 32.1. The Balaban J connectivity index is 0.000000163. The molecule has 4 aromatic carbocycles. The number of nitro benzene ring substituents is 1. The molecule has 2 N–H and O–H groups in total. The Bertz CT molecular complexity index is 4780. The number of anilines is 5. The van der Waals surface area contributed by atoms with Gasteiger partial charge in [0.25, 0.3) is 29.3 Å². The van der Waals surface area contributed by atoms with Gasteiger partial charge in [-0.3, -0.25) is 78.1 Å². The molecule has 12 heterocycles. The minimum Gasteiger partial charge on any atom is -0.399 e. The van der Waals surface area contributed by atoms with Gasteiger partial charge in [0.15, 0.2) is 11.6 Å². The Hall–Kier alpha value is -10.3. The average Bonchev–Trinajstić information content (AvgIpc) is 1.63. The molecule has 0 spiro atoms. The fourth-order valence-electron chi connectivity index (χ4n) is 19.4. The van der Waals surface area contributed by atoms with Gasteiger partial charge in [-0.1, -0.05) is 6.07 Å². The number of aliphatic imine (C=N–C) groups is 2. The molecule has 18 rings (SSSR count). The number of nitrogens with zero attached hydrogens (tertiary/aromatic N) is 15. The fourth-order valence-corrected chi connectivity index (χ4v) is 19.4. The summed E-state index contributed by atoms with van der Waals surface area (Å²) in [5, 5.41) is 11.4. The fraction of sp³-hybridized carbons (Fsp3) is 0.488. The van der Waals surface area contributed by atoms with Crippen molar-refractivity contribution in [3.63, 3.8) is 0 Å². The van der Waals surface area contributed by atoms with Crippen molar-refractivity contribution in [3.05, 3.63) is 175 Å². The number of ketones is 4. The van der Waals surface area contributed by atoms with E-state index in [1.807, 2.05) is 54.9 Å². The smallest absolute Gasteiger partial charge is 0.270 e. The maximum atomic E-state index is 13.4. The first-order valence-electron chi connectivity index (χ1n) is 40.7. The summed E-state index contributed by atoms with van der Waals surface area (Å²) in [4.78, 5) is 154. The number of imide groups is 2. The lowest BCUT2D eigenvalue weighted by Gasteiger charge is -2.41. The van der Waals surface area contributed by atoms with Crippen molar-refractivity contribution in [3.8, 4) is 0 Å². The quantitative estimate of drug-likeness (QED) is 0.0294. The number of nitrogens with two attached hydrogens (primary N) is 1. The van der Waals surface area contributed by atoms with Crippen LogP contribution in [0.15, 0.2) is 119 Å². The van der Waals surface area contributed by atoms with Gasteiger partial charge in [-0.05, 0) is 204 Å². The second-order valence-electron chi connectivity index (χ2n) is 33.0. The summed E-state index contributed by atoms with van der Waals surface area (Å²) in [6.07, 6.45) is 13.5. The molecule has 4 amide bonds. The second-order valence-corrected chi connectivity index (χ2v) is 33.0. The Morgan fingerprint density at radius 2 is 0.768 bits per heavy atom. The van der Waals surface area contributed by atoms with Crippen LogP contribution in [-0.4, -0.2) is 245 Å². The van der Waals surface area contributed by atoms with Crippen LogP contribution in [0.3, 0.4) is 0 Å². The minimum atomic E-state index is -0.848. The van der Waals surface area contributed by atoms with Gasteiger partial charge in [-0.25, -0.2) is 9.97 Å². The van der Waals surface area contributed by atoms with E-state index in [1.165, 1.54) is 37.8 Å².